The summed E-state index contributed by atoms with van der Waals surface area (Å²) >= 11 is 5.09. The van der Waals surface area contributed by atoms with Gasteiger partial charge in [0.15, 0.2) is 0 Å². The standard InChI is InChI=1S/C16H28N2OS/c1-12(2)13(14(17)20)15(19)18-10-8-16(9-11-18)6-4-3-5-7-16/h12-13H,3-11H2,1-2H3,(H2,17,20). The van der Waals surface area contributed by atoms with Crippen molar-refractivity contribution in [3.8, 4) is 0 Å². The highest BCUT2D eigenvalue weighted by Crippen LogP contribution is 2.44. The minimum atomic E-state index is -0.287. The summed E-state index contributed by atoms with van der Waals surface area (Å²) in [6.07, 6.45) is 9.18. The van der Waals surface area contributed by atoms with Crippen LogP contribution in [0.4, 0.5) is 0 Å². The Balaban J connectivity index is 1.95. The van der Waals surface area contributed by atoms with Crippen LogP contribution in [0.2, 0.25) is 0 Å². The molecule has 1 aliphatic heterocycles. The predicted octanol–water partition coefficient (Wildman–Crippen LogP) is 3.12. The SMILES string of the molecule is CC(C)C(C(=O)N1CCC2(CCCCC2)CC1)C(N)=S. The van der Waals surface area contributed by atoms with Crippen LogP contribution in [0.25, 0.3) is 0 Å². The van der Waals surface area contributed by atoms with Crippen LogP contribution in [0.1, 0.15) is 58.8 Å². The topological polar surface area (TPSA) is 46.3 Å². The molecule has 1 unspecified atom stereocenters. The zero-order chi connectivity index (χ0) is 14.8. The van der Waals surface area contributed by atoms with Gasteiger partial charge in [-0.05, 0) is 37.0 Å². The second-order valence-electron chi connectivity index (χ2n) is 7.01. The lowest BCUT2D eigenvalue weighted by atomic mass is 9.68. The second-order valence-corrected chi connectivity index (χ2v) is 7.48. The minimum absolute atomic E-state index is 0.151. The lowest BCUT2D eigenvalue weighted by Gasteiger charge is -2.45. The Labute approximate surface area is 128 Å². The van der Waals surface area contributed by atoms with Crippen LogP contribution in [0, 0.1) is 17.3 Å². The van der Waals surface area contributed by atoms with Crippen molar-refractivity contribution in [2.45, 2.75) is 58.8 Å². The van der Waals surface area contributed by atoms with Crippen molar-refractivity contribution in [3.63, 3.8) is 0 Å². The van der Waals surface area contributed by atoms with Crippen molar-refractivity contribution in [2.24, 2.45) is 23.0 Å². The van der Waals surface area contributed by atoms with Crippen LogP contribution >= 0.6 is 12.2 Å². The molecule has 1 spiro atoms. The smallest absolute Gasteiger partial charge is 0.232 e. The highest BCUT2D eigenvalue weighted by Gasteiger charge is 2.38. The van der Waals surface area contributed by atoms with E-state index < -0.39 is 0 Å². The van der Waals surface area contributed by atoms with Gasteiger partial charge in [-0.1, -0.05) is 45.3 Å². The third kappa shape index (κ3) is 3.33. The normalized spacial score (nSPS) is 23.9. The Bertz CT molecular complexity index is 365. The van der Waals surface area contributed by atoms with Gasteiger partial charge in [0.1, 0.15) is 0 Å². The first kappa shape index (κ1) is 15.7. The van der Waals surface area contributed by atoms with Gasteiger partial charge in [0.25, 0.3) is 0 Å². The molecule has 1 amide bonds. The number of hydrogen-bond acceptors (Lipinski definition) is 2. The summed E-state index contributed by atoms with van der Waals surface area (Å²) in [5.74, 6) is 0.0501. The molecule has 20 heavy (non-hydrogen) atoms. The summed E-state index contributed by atoms with van der Waals surface area (Å²) in [7, 11) is 0. The summed E-state index contributed by atoms with van der Waals surface area (Å²) in [4.78, 5) is 15.0. The second kappa shape index (κ2) is 6.42. The highest BCUT2D eigenvalue weighted by molar-refractivity contribution is 7.80. The molecule has 0 aromatic rings. The van der Waals surface area contributed by atoms with Gasteiger partial charge in [0.2, 0.25) is 5.91 Å². The molecule has 2 rings (SSSR count). The number of carbonyl (C=O) groups excluding carboxylic acids is 1. The number of rotatable bonds is 3. The first-order valence-electron chi connectivity index (χ1n) is 8.03. The maximum Gasteiger partial charge on any atom is 0.232 e. The van der Waals surface area contributed by atoms with Crippen molar-refractivity contribution in [1.82, 2.24) is 4.90 Å². The average molecular weight is 296 g/mol. The summed E-state index contributed by atoms with van der Waals surface area (Å²) in [5.41, 5.74) is 6.30. The van der Waals surface area contributed by atoms with E-state index in [-0.39, 0.29) is 17.7 Å². The van der Waals surface area contributed by atoms with Gasteiger partial charge in [0.05, 0.1) is 10.9 Å². The molecule has 0 radical (unpaired) electrons. The molecule has 1 saturated heterocycles. The van der Waals surface area contributed by atoms with Gasteiger partial charge in [-0.3, -0.25) is 4.79 Å². The molecule has 1 saturated carbocycles. The monoisotopic (exact) mass is 296 g/mol. The number of amides is 1. The van der Waals surface area contributed by atoms with Crippen molar-refractivity contribution in [1.29, 1.82) is 0 Å². The quantitative estimate of drug-likeness (QED) is 0.814. The Morgan fingerprint density at radius 2 is 1.65 bits per heavy atom. The fourth-order valence-corrected chi connectivity index (χ4v) is 4.31. The van der Waals surface area contributed by atoms with Gasteiger partial charge >= 0.3 is 0 Å². The van der Waals surface area contributed by atoms with Crippen molar-refractivity contribution >= 4 is 23.1 Å². The number of carbonyl (C=O) groups is 1. The maximum absolute atomic E-state index is 12.6. The maximum atomic E-state index is 12.6. The molecule has 4 heteroatoms. The summed E-state index contributed by atoms with van der Waals surface area (Å²) in [5, 5.41) is 0. The Kier molecular flexibility index (Phi) is 5.05. The molecule has 2 fully saturated rings. The van der Waals surface area contributed by atoms with Crippen LogP contribution in [-0.2, 0) is 4.79 Å². The molecule has 0 aromatic heterocycles. The fraction of sp³-hybridized carbons (Fsp3) is 0.875. The van der Waals surface area contributed by atoms with E-state index in [2.05, 4.69) is 0 Å². The van der Waals surface area contributed by atoms with Gasteiger partial charge in [-0.25, -0.2) is 0 Å². The van der Waals surface area contributed by atoms with Crippen molar-refractivity contribution in [3.05, 3.63) is 0 Å². The number of piperidine rings is 1. The molecule has 0 aromatic carbocycles. The van der Waals surface area contributed by atoms with E-state index in [1.165, 1.54) is 44.9 Å². The van der Waals surface area contributed by atoms with Crippen LogP contribution < -0.4 is 5.73 Å². The van der Waals surface area contributed by atoms with Crippen LogP contribution in [-0.4, -0.2) is 28.9 Å². The van der Waals surface area contributed by atoms with E-state index in [9.17, 15) is 4.79 Å². The molecule has 1 heterocycles. The number of nitrogens with two attached hydrogens (primary N) is 1. The van der Waals surface area contributed by atoms with Gasteiger partial charge in [0, 0.05) is 13.1 Å². The lowest BCUT2D eigenvalue weighted by Crippen LogP contribution is -2.49. The molecule has 1 aliphatic carbocycles. The largest absolute Gasteiger partial charge is 0.393 e. The fourth-order valence-electron chi connectivity index (χ4n) is 3.94. The van der Waals surface area contributed by atoms with Crippen LogP contribution in [0.5, 0.6) is 0 Å². The first-order valence-corrected chi connectivity index (χ1v) is 8.44. The minimum Gasteiger partial charge on any atom is -0.393 e. The molecule has 3 nitrogen and oxygen atoms in total. The van der Waals surface area contributed by atoms with E-state index in [4.69, 9.17) is 18.0 Å². The van der Waals surface area contributed by atoms with Gasteiger partial charge in [-0.2, -0.15) is 0 Å². The number of nitrogens with zero attached hydrogens (tertiary/aromatic N) is 1. The first-order chi connectivity index (χ1) is 9.45. The van der Waals surface area contributed by atoms with E-state index in [0.29, 0.717) is 10.4 Å². The lowest BCUT2D eigenvalue weighted by molar-refractivity contribution is -0.137. The van der Waals surface area contributed by atoms with Crippen LogP contribution in [0.15, 0.2) is 0 Å². The molecular weight excluding hydrogens is 268 g/mol. The van der Waals surface area contributed by atoms with Crippen molar-refractivity contribution in [2.75, 3.05) is 13.1 Å². The Morgan fingerprint density at radius 3 is 2.10 bits per heavy atom. The van der Waals surface area contributed by atoms with Gasteiger partial charge < -0.3 is 10.6 Å². The Morgan fingerprint density at radius 1 is 1.10 bits per heavy atom. The molecule has 0 bridgehead atoms. The summed E-state index contributed by atoms with van der Waals surface area (Å²) in [6, 6.07) is 0. The zero-order valence-electron chi connectivity index (χ0n) is 12.9. The number of likely N-dealkylation sites (tertiary alicyclic amines) is 1. The zero-order valence-corrected chi connectivity index (χ0v) is 13.7. The highest BCUT2D eigenvalue weighted by atomic mass is 32.1. The van der Waals surface area contributed by atoms with Crippen molar-refractivity contribution < 1.29 is 4.79 Å². The van der Waals surface area contributed by atoms with E-state index in [1.807, 2.05) is 18.7 Å². The predicted molar refractivity (Wildman–Crippen MR) is 86.4 cm³/mol. The van der Waals surface area contributed by atoms with E-state index in [1.54, 1.807) is 0 Å². The average Bonchev–Trinajstić information content (AvgIpc) is 2.39. The number of thiocarbonyl (C=S) groups is 1. The third-order valence-electron chi connectivity index (χ3n) is 5.29. The Hall–Kier alpha value is -0.640. The molecule has 2 aliphatic rings. The molecule has 1 atom stereocenters. The molecule has 114 valence electrons. The summed E-state index contributed by atoms with van der Waals surface area (Å²) in [6.45, 7) is 5.83. The third-order valence-corrected chi connectivity index (χ3v) is 5.54. The molecule has 2 N–H and O–H groups in total. The summed E-state index contributed by atoms with van der Waals surface area (Å²) < 4.78 is 0. The van der Waals surface area contributed by atoms with Gasteiger partial charge in [-0.15, -0.1) is 0 Å². The number of hydrogen-bond donors (Lipinski definition) is 1. The van der Waals surface area contributed by atoms with E-state index >= 15 is 0 Å². The molecular formula is C16H28N2OS. The van der Waals surface area contributed by atoms with Crippen LogP contribution in [0.3, 0.4) is 0 Å². The van der Waals surface area contributed by atoms with E-state index in [0.717, 1.165) is 13.1 Å².